The van der Waals surface area contributed by atoms with Gasteiger partial charge in [0.25, 0.3) is 0 Å². The summed E-state index contributed by atoms with van der Waals surface area (Å²) in [4.78, 5) is 0. The van der Waals surface area contributed by atoms with Crippen LogP contribution in [-0.4, -0.2) is 11.7 Å². The lowest BCUT2D eigenvalue weighted by atomic mass is 9.68. The molecule has 0 amide bonds. The van der Waals surface area contributed by atoms with E-state index < -0.39 is 11.6 Å². The second-order valence-electron chi connectivity index (χ2n) is 8.24. The van der Waals surface area contributed by atoms with Crippen molar-refractivity contribution in [1.29, 1.82) is 0 Å². The van der Waals surface area contributed by atoms with Gasteiger partial charge in [-0.2, -0.15) is 0 Å². The van der Waals surface area contributed by atoms with Gasteiger partial charge < -0.3 is 5.11 Å². The molecule has 2 aliphatic carbocycles. The first-order valence-electron chi connectivity index (χ1n) is 10.2. The molecule has 2 fully saturated rings. The number of aliphatic hydroxyl groups is 1. The van der Waals surface area contributed by atoms with Crippen LogP contribution in [0.5, 0.6) is 0 Å². The van der Waals surface area contributed by atoms with Crippen molar-refractivity contribution in [3.05, 3.63) is 34.9 Å². The molecule has 0 spiro atoms. The number of hydrogen-bond donors (Lipinski definition) is 1. The Kier molecular flexibility index (Phi) is 6.49. The molecule has 0 aromatic heterocycles. The first kappa shape index (κ1) is 18.8. The second kappa shape index (κ2) is 8.62. The van der Waals surface area contributed by atoms with Gasteiger partial charge in [0.2, 0.25) is 0 Å². The minimum Gasteiger partial charge on any atom is -0.396 e. The summed E-state index contributed by atoms with van der Waals surface area (Å²) in [6.07, 6.45) is 11.4. The largest absolute Gasteiger partial charge is 0.396 e. The highest BCUT2D eigenvalue weighted by atomic mass is 19.1. The van der Waals surface area contributed by atoms with Crippen LogP contribution < -0.4 is 0 Å². The van der Waals surface area contributed by atoms with E-state index in [1.54, 1.807) is 0 Å². The lowest BCUT2D eigenvalue weighted by Crippen LogP contribution is -2.25. The number of benzene rings is 1. The fourth-order valence-electron chi connectivity index (χ4n) is 5.20. The smallest absolute Gasteiger partial charge is 0.129 e. The summed E-state index contributed by atoms with van der Waals surface area (Å²) in [5.41, 5.74) is 0.831. The molecule has 140 valence electrons. The summed E-state index contributed by atoms with van der Waals surface area (Å²) in [6.45, 7) is 2.08. The van der Waals surface area contributed by atoms with E-state index in [9.17, 15) is 8.78 Å². The monoisotopic (exact) mass is 350 g/mol. The van der Waals surface area contributed by atoms with E-state index in [4.69, 9.17) is 5.11 Å². The molecule has 1 nitrogen and oxygen atoms in total. The van der Waals surface area contributed by atoms with Gasteiger partial charge in [0, 0.05) is 18.6 Å². The van der Waals surface area contributed by atoms with Crippen molar-refractivity contribution in [2.45, 2.75) is 77.0 Å². The minimum atomic E-state index is -0.496. The first-order valence-corrected chi connectivity index (χ1v) is 10.2. The van der Waals surface area contributed by atoms with Gasteiger partial charge in [0.05, 0.1) is 0 Å². The van der Waals surface area contributed by atoms with Gasteiger partial charge in [-0.25, -0.2) is 8.78 Å². The molecule has 0 radical (unpaired) electrons. The van der Waals surface area contributed by atoms with E-state index in [2.05, 4.69) is 6.92 Å². The molecule has 3 rings (SSSR count). The van der Waals surface area contributed by atoms with E-state index in [1.165, 1.54) is 57.1 Å². The van der Waals surface area contributed by atoms with Gasteiger partial charge in [-0.3, -0.25) is 0 Å². The predicted molar refractivity (Wildman–Crippen MR) is 97.6 cm³/mol. The third-order valence-corrected chi connectivity index (χ3v) is 6.90. The highest BCUT2D eigenvalue weighted by Gasteiger charge is 2.31. The van der Waals surface area contributed by atoms with Gasteiger partial charge in [-0.15, -0.1) is 0 Å². The molecule has 0 saturated heterocycles. The maximum absolute atomic E-state index is 14.1. The molecule has 0 aliphatic heterocycles. The number of halogens is 2. The number of aliphatic hydroxyl groups excluding tert-OH is 1. The highest BCUT2D eigenvalue weighted by molar-refractivity contribution is 5.29. The number of hydrogen-bond acceptors (Lipinski definition) is 1. The Morgan fingerprint density at radius 2 is 1.40 bits per heavy atom. The van der Waals surface area contributed by atoms with Crippen LogP contribution >= 0.6 is 0 Å². The molecule has 2 saturated carbocycles. The molecule has 0 heterocycles. The Balaban J connectivity index is 1.57. The predicted octanol–water partition coefficient (Wildman–Crippen LogP) is 5.99. The van der Waals surface area contributed by atoms with Crippen LogP contribution in [0.15, 0.2) is 12.1 Å². The molecule has 3 heteroatoms. The minimum absolute atomic E-state index is 0.0209. The Labute approximate surface area is 150 Å². The van der Waals surface area contributed by atoms with Crippen molar-refractivity contribution in [2.75, 3.05) is 6.61 Å². The number of rotatable bonds is 5. The van der Waals surface area contributed by atoms with Crippen molar-refractivity contribution in [2.24, 2.45) is 17.8 Å². The fraction of sp³-hybridized carbons (Fsp3) is 0.727. The maximum Gasteiger partial charge on any atom is 0.129 e. The summed E-state index contributed by atoms with van der Waals surface area (Å²) in [7, 11) is 0. The molecule has 0 unspecified atom stereocenters. The molecule has 0 bridgehead atoms. The summed E-state index contributed by atoms with van der Waals surface area (Å²) < 4.78 is 28.3. The summed E-state index contributed by atoms with van der Waals surface area (Å²) in [5.74, 6) is 1.93. The highest BCUT2D eigenvalue weighted by Crippen LogP contribution is 2.44. The van der Waals surface area contributed by atoms with E-state index in [0.717, 1.165) is 36.2 Å². The first-order chi connectivity index (χ1) is 12.1. The van der Waals surface area contributed by atoms with E-state index in [0.29, 0.717) is 0 Å². The Morgan fingerprint density at radius 3 is 1.88 bits per heavy atom. The van der Waals surface area contributed by atoms with Crippen LogP contribution in [0.25, 0.3) is 0 Å². The van der Waals surface area contributed by atoms with E-state index >= 15 is 0 Å². The topological polar surface area (TPSA) is 20.2 Å². The normalized spacial score (nSPS) is 30.4. The molecule has 2 aliphatic rings. The van der Waals surface area contributed by atoms with Gasteiger partial charge in [0.1, 0.15) is 11.6 Å². The van der Waals surface area contributed by atoms with Crippen molar-refractivity contribution in [1.82, 2.24) is 0 Å². The van der Waals surface area contributed by atoms with Crippen molar-refractivity contribution >= 4 is 0 Å². The van der Waals surface area contributed by atoms with Crippen LogP contribution in [-0.2, 0) is 6.42 Å². The van der Waals surface area contributed by atoms with Crippen LogP contribution in [0, 0.1) is 29.4 Å². The summed E-state index contributed by atoms with van der Waals surface area (Å²) >= 11 is 0. The van der Waals surface area contributed by atoms with E-state index in [1.807, 2.05) is 0 Å². The van der Waals surface area contributed by atoms with Crippen molar-refractivity contribution in [3.63, 3.8) is 0 Å². The van der Waals surface area contributed by atoms with Crippen molar-refractivity contribution in [3.8, 4) is 0 Å². The summed E-state index contributed by atoms with van der Waals surface area (Å²) in [5, 5.41) is 8.94. The van der Waals surface area contributed by atoms with Crippen molar-refractivity contribution < 1.29 is 13.9 Å². The van der Waals surface area contributed by atoms with Crippen LogP contribution in [0.4, 0.5) is 8.78 Å². The second-order valence-corrected chi connectivity index (χ2v) is 8.24. The third kappa shape index (κ3) is 4.42. The van der Waals surface area contributed by atoms with Gasteiger partial charge in [0.15, 0.2) is 0 Å². The molecule has 0 atom stereocenters. The Hall–Kier alpha value is -0.960. The molecule has 1 aromatic rings. The lowest BCUT2D eigenvalue weighted by Gasteiger charge is -2.38. The molecular weight excluding hydrogens is 318 g/mol. The van der Waals surface area contributed by atoms with Crippen LogP contribution in [0.1, 0.15) is 81.8 Å². The van der Waals surface area contributed by atoms with Gasteiger partial charge in [-0.05, 0) is 79.9 Å². The van der Waals surface area contributed by atoms with Gasteiger partial charge in [-0.1, -0.05) is 26.2 Å². The lowest BCUT2D eigenvalue weighted by molar-refractivity contribution is 0.158. The Morgan fingerprint density at radius 1 is 0.880 bits per heavy atom. The zero-order chi connectivity index (χ0) is 17.8. The fourth-order valence-corrected chi connectivity index (χ4v) is 5.20. The average Bonchev–Trinajstić information content (AvgIpc) is 2.65. The third-order valence-electron chi connectivity index (χ3n) is 6.90. The van der Waals surface area contributed by atoms with Crippen LogP contribution in [0.2, 0.25) is 0 Å². The molecular formula is C22H32F2O. The zero-order valence-corrected chi connectivity index (χ0v) is 15.4. The maximum atomic E-state index is 14.1. The quantitative estimate of drug-likeness (QED) is 0.691. The standard InChI is InChI=1S/C22H32F2O/c1-2-15-3-5-16(6-4-15)17-7-9-18(10-8-17)19-13-21(23)20(11-12-25)22(24)14-19/h13-18,25H,2-12H2,1H3. The average molecular weight is 350 g/mol. The summed E-state index contributed by atoms with van der Waals surface area (Å²) in [6, 6.07) is 3.01. The van der Waals surface area contributed by atoms with E-state index in [-0.39, 0.29) is 24.5 Å². The molecule has 25 heavy (non-hydrogen) atoms. The molecule has 1 N–H and O–H groups in total. The molecule has 1 aromatic carbocycles. The zero-order valence-electron chi connectivity index (χ0n) is 15.4. The van der Waals surface area contributed by atoms with Crippen LogP contribution in [0.3, 0.4) is 0 Å². The van der Waals surface area contributed by atoms with Gasteiger partial charge >= 0.3 is 0 Å². The SMILES string of the molecule is CCC1CCC(C2CCC(c3cc(F)c(CCO)c(F)c3)CC2)CC1. The Bertz CT molecular complexity index is 532.